The maximum atomic E-state index is 13.2. The summed E-state index contributed by atoms with van der Waals surface area (Å²) in [6, 6.07) is 11.1. The van der Waals surface area contributed by atoms with E-state index in [2.05, 4.69) is 22.5 Å². The second kappa shape index (κ2) is 11.3. The molecule has 3 amide bonds. The van der Waals surface area contributed by atoms with E-state index < -0.39 is 0 Å². The Labute approximate surface area is 198 Å². The average molecular weight is 477 g/mol. The van der Waals surface area contributed by atoms with Crippen LogP contribution in [-0.4, -0.2) is 60.1 Å². The number of nitrogens with one attached hydrogen (secondary N) is 2. The van der Waals surface area contributed by atoms with Gasteiger partial charge in [0.25, 0.3) is 5.91 Å². The van der Waals surface area contributed by atoms with Gasteiger partial charge in [-0.15, -0.1) is 0 Å². The molecule has 33 heavy (non-hydrogen) atoms. The molecule has 0 saturated carbocycles. The van der Waals surface area contributed by atoms with E-state index >= 15 is 0 Å². The summed E-state index contributed by atoms with van der Waals surface area (Å²) in [5, 5.41) is 5.78. The molecule has 2 aromatic rings. The average Bonchev–Trinajstić information content (AvgIpc) is 2.77. The number of hydrogen-bond acceptors (Lipinski definition) is 4. The minimum atomic E-state index is -0.379. The zero-order chi connectivity index (χ0) is 24.0. The molecule has 0 radical (unpaired) electrons. The van der Waals surface area contributed by atoms with E-state index in [1.807, 2.05) is 18.7 Å². The molecule has 1 aliphatic rings. The van der Waals surface area contributed by atoms with Crippen molar-refractivity contribution in [3.05, 3.63) is 58.9 Å². The lowest BCUT2D eigenvalue weighted by atomic mass is 10.1. The Morgan fingerprint density at radius 1 is 1.12 bits per heavy atom. The molecule has 2 atom stereocenters. The number of halogens is 2. The van der Waals surface area contributed by atoms with Crippen molar-refractivity contribution in [2.75, 3.05) is 31.6 Å². The van der Waals surface area contributed by atoms with Gasteiger partial charge in [-0.1, -0.05) is 23.7 Å². The first-order valence-corrected chi connectivity index (χ1v) is 11.4. The molecular formula is C24H30ClFN4O3. The van der Waals surface area contributed by atoms with Crippen molar-refractivity contribution < 1.29 is 18.7 Å². The molecule has 1 saturated heterocycles. The number of carbonyl (C=O) groups is 2. The van der Waals surface area contributed by atoms with Crippen LogP contribution in [0.2, 0.25) is 5.02 Å². The molecule has 1 fully saturated rings. The van der Waals surface area contributed by atoms with Crippen molar-refractivity contribution in [2.45, 2.75) is 39.4 Å². The lowest BCUT2D eigenvalue weighted by molar-refractivity contribution is -0.139. The van der Waals surface area contributed by atoms with E-state index in [-0.39, 0.29) is 36.4 Å². The van der Waals surface area contributed by atoms with E-state index in [1.165, 1.54) is 12.1 Å². The summed E-state index contributed by atoms with van der Waals surface area (Å²) >= 11 is 6.05. The molecule has 7 nitrogen and oxygen atoms in total. The van der Waals surface area contributed by atoms with Crippen LogP contribution >= 0.6 is 11.6 Å². The van der Waals surface area contributed by atoms with E-state index in [1.54, 1.807) is 30.3 Å². The van der Waals surface area contributed by atoms with Gasteiger partial charge in [-0.3, -0.25) is 9.69 Å². The summed E-state index contributed by atoms with van der Waals surface area (Å²) < 4.78 is 18.9. The third-order valence-corrected chi connectivity index (χ3v) is 5.85. The molecule has 3 rings (SSSR count). The third-order valence-electron chi connectivity index (χ3n) is 5.61. The smallest absolute Gasteiger partial charge is 0.319 e. The zero-order valence-corrected chi connectivity index (χ0v) is 19.9. The van der Waals surface area contributed by atoms with E-state index in [4.69, 9.17) is 16.3 Å². The van der Waals surface area contributed by atoms with Crippen LogP contribution in [0.25, 0.3) is 0 Å². The van der Waals surface area contributed by atoms with Crippen molar-refractivity contribution in [1.29, 1.82) is 0 Å². The highest BCUT2D eigenvalue weighted by molar-refractivity contribution is 6.31. The Hall–Kier alpha value is -2.84. The molecule has 2 N–H and O–H groups in total. The number of piperazine rings is 1. The fourth-order valence-corrected chi connectivity index (χ4v) is 4.04. The number of nitrogens with zero attached hydrogens (tertiary/aromatic N) is 2. The highest BCUT2D eigenvalue weighted by Gasteiger charge is 2.32. The van der Waals surface area contributed by atoms with Gasteiger partial charge in [0.2, 0.25) is 0 Å². The van der Waals surface area contributed by atoms with Gasteiger partial charge in [-0.2, -0.15) is 0 Å². The van der Waals surface area contributed by atoms with Gasteiger partial charge in [-0.05, 0) is 56.7 Å². The number of urea groups is 1. The fourth-order valence-electron chi connectivity index (χ4n) is 3.87. The van der Waals surface area contributed by atoms with Crippen LogP contribution in [0.15, 0.2) is 42.5 Å². The predicted octanol–water partition coefficient (Wildman–Crippen LogP) is 4.12. The molecule has 2 unspecified atom stereocenters. The highest BCUT2D eigenvalue weighted by atomic mass is 35.5. The van der Waals surface area contributed by atoms with Crippen LogP contribution in [0.3, 0.4) is 0 Å². The molecule has 2 aromatic carbocycles. The van der Waals surface area contributed by atoms with Gasteiger partial charge >= 0.3 is 6.03 Å². The Kier molecular flexibility index (Phi) is 8.52. The molecule has 1 heterocycles. The Morgan fingerprint density at radius 2 is 1.85 bits per heavy atom. The normalized spacial score (nSPS) is 18.6. The standard InChI is InChI=1S/C24H30ClFN4O3/c1-4-27-24(32)28-21-11-19(25)7-10-22(21)33-15-23(31)30-13-16(2)29(12-17(30)3)14-18-5-8-20(26)9-6-18/h5-11,16-17H,4,12-15H2,1-3H3,(H2,27,28,32). The summed E-state index contributed by atoms with van der Waals surface area (Å²) in [4.78, 5) is 29.0. The molecule has 0 aromatic heterocycles. The minimum absolute atomic E-state index is 0.00380. The quantitative estimate of drug-likeness (QED) is 0.630. The topological polar surface area (TPSA) is 73.9 Å². The van der Waals surface area contributed by atoms with Crippen LogP contribution in [0.4, 0.5) is 14.9 Å². The second-order valence-electron chi connectivity index (χ2n) is 8.21. The Bertz CT molecular complexity index is 973. The lowest BCUT2D eigenvalue weighted by Gasteiger charge is -2.44. The van der Waals surface area contributed by atoms with Gasteiger partial charge in [-0.25, -0.2) is 9.18 Å². The van der Waals surface area contributed by atoms with E-state index in [9.17, 15) is 14.0 Å². The molecule has 0 aliphatic carbocycles. The number of benzene rings is 2. The lowest BCUT2D eigenvalue weighted by Crippen LogP contribution is -2.58. The van der Waals surface area contributed by atoms with Gasteiger partial charge < -0.3 is 20.3 Å². The number of hydrogen-bond donors (Lipinski definition) is 2. The predicted molar refractivity (Wildman–Crippen MR) is 127 cm³/mol. The first-order chi connectivity index (χ1) is 15.8. The summed E-state index contributed by atoms with van der Waals surface area (Å²) in [5.74, 6) is -0.00929. The van der Waals surface area contributed by atoms with Crippen molar-refractivity contribution in [2.24, 2.45) is 0 Å². The molecule has 178 valence electrons. The van der Waals surface area contributed by atoms with Gasteiger partial charge in [0.15, 0.2) is 6.61 Å². The summed E-state index contributed by atoms with van der Waals surface area (Å²) in [7, 11) is 0. The van der Waals surface area contributed by atoms with Crippen molar-refractivity contribution in [3.63, 3.8) is 0 Å². The largest absolute Gasteiger partial charge is 0.482 e. The Balaban J connectivity index is 1.59. The maximum Gasteiger partial charge on any atom is 0.319 e. The number of amides is 3. The van der Waals surface area contributed by atoms with Crippen LogP contribution in [0, 0.1) is 5.82 Å². The van der Waals surface area contributed by atoms with Gasteiger partial charge in [0.1, 0.15) is 11.6 Å². The van der Waals surface area contributed by atoms with E-state index in [0.29, 0.717) is 42.6 Å². The number of rotatable bonds is 7. The SMILES string of the molecule is CCNC(=O)Nc1cc(Cl)ccc1OCC(=O)N1CC(C)N(Cc2ccc(F)cc2)CC1C. The molecular weight excluding hydrogens is 447 g/mol. The van der Waals surface area contributed by atoms with Crippen LogP contribution in [0.5, 0.6) is 5.75 Å². The number of carbonyl (C=O) groups excluding carboxylic acids is 2. The van der Waals surface area contributed by atoms with Crippen molar-refractivity contribution >= 4 is 29.2 Å². The van der Waals surface area contributed by atoms with Crippen LogP contribution in [0.1, 0.15) is 26.3 Å². The second-order valence-corrected chi connectivity index (χ2v) is 8.65. The van der Waals surface area contributed by atoms with Crippen molar-refractivity contribution in [1.82, 2.24) is 15.1 Å². The van der Waals surface area contributed by atoms with Gasteiger partial charge in [0, 0.05) is 43.3 Å². The first-order valence-electron chi connectivity index (χ1n) is 11.0. The molecule has 0 bridgehead atoms. The van der Waals surface area contributed by atoms with E-state index in [0.717, 1.165) is 5.56 Å². The Morgan fingerprint density at radius 3 is 2.55 bits per heavy atom. The van der Waals surface area contributed by atoms with Crippen molar-refractivity contribution in [3.8, 4) is 5.75 Å². The third kappa shape index (κ3) is 6.82. The first kappa shape index (κ1) is 24.8. The van der Waals surface area contributed by atoms with Crippen LogP contribution in [-0.2, 0) is 11.3 Å². The molecule has 0 spiro atoms. The molecule has 9 heteroatoms. The molecule has 1 aliphatic heterocycles. The zero-order valence-electron chi connectivity index (χ0n) is 19.1. The maximum absolute atomic E-state index is 13.2. The summed E-state index contributed by atoms with van der Waals surface area (Å²) in [5.41, 5.74) is 1.43. The number of anilines is 1. The fraction of sp³-hybridized carbons (Fsp3) is 0.417. The summed E-state index contributed by atoms with van der Waals surface area (Å²) in [6.45, 7) is 8.18. The van der Waals surface area contributed by atoms with Gasteiger partial charge in [0.05, 0.1) is 5.69 Å². The number of ether oxygens (including phenoxy) is 1. The monoisotopic (exact) mass is 476 g/mol. The summed E-state index contributed by atoms with van der Waals surface area (Å²) in [6.07, 6.45) is 0. The highest BCUT2D eigenvalue weighted by Crippen LogP contribution is 2.28. The minimum Gasteiger partial charge on any atom is -0.482 e. The van der Waals surface area contributed by atoms with Crippen LogP contribution < -0.4 is 15.4 Å².